The van der Waals surface area contributed by atoms with Crippen molar-refractivity contribution >= 4 is 27.8 Å². The Bertz CT molecular complexity index is 3130. The van der Waals surface area contributed by atoms with Crippen LogP contribution in [0.25, 0.3) is 44.2 Å². The van der Waals surface area contributed by atoms with Gasteiger partial charge in [-0.05, 0) is 109 Å². The highest BCUT2D eigenvalue weighted by Crippen LogP contribution is 2.57. The molecule has 11 rings (SSSR count). The van der Waals surface area contributed by atoms with Gasteiger partial charge < -0.3 is 9.64 Å². The number of hydrogen-bond donors (Lipinski definition) is 0. The van der Waals surface area contributed by atoms with E-state index in [-0.39, 0.29) is 5.75 Å². The average molecular weight is 812 g/mol. The Labute approximate surface area is 359 Å². The fourth-order valence-electron chi connectivity index (χ4n) is 10.3. The summed E-state index contributed by atoms with van der Waals surface area (Å²) in [6.45, 7) is 4.39. The SMILES string of the molecule is CC1(C)c2cc(-c3ccc4ccccc4c3OC(F)(F)F)ccc2-c2ccc(N(c3ccccc3)c3ccc(C4(c5ccccc5)c5ccccc5-c5ccccc54)cc3)cc21. The van der Waals surface area contributed by atoms with Gasteiger partial charge >= 0.3 is 6.36 Å². The van der Waals surface area contributed by atoms with Crippen LogP contribution in [0.4, 0.5) is 30.2 Å². The third-order valence-corrected chi connectivity index (χ3v) is 13.1. The number of para-hydroxylation sites is 1. The summed E-state index contributed by atoms with van der Waals surface area (Å²) in [7, 11) is 0. The molecule has 5 heteroatoms. The molecule has 2 aliphatic carbocycles. The van der Waals surface area contributed by atoms with Crippen molar-refractivity contribution in [3.63, 3.8) is 0 Å². The highest BCUT2D eigenvalue weighted by Gasteiger charge is 2.46. The van der Waals surface area contributed by atoms with Crippen molar-refractivity contribution in [3.8, 4) is 39.1 Å². The van der Waals surface area contributed by atoms with Gasteiger partial charge in [0, 0.05) is 33.4 Å². The zero-order valence-corrected chi connectivity index (χ0v) is 34.1. The molecule has 2 nitrogen and oxygen atoms in total. The summed E-state index contributed by atoms with van der Waals surface area (Å²) in [5.74, 6) is -0.188. The Morgan fingerprint density at radius 2 is 0.919 bits per heavy atom. The van der Waals surface area contributed by atoms with Gasteiger partial charge in [-0.1, -0.05) is 178 Å². The molecule has 0 saturated carbocycles. The van der Waals surface area contributed by atoms with Crippen LogP contribution in [0.3, 0.4) is 0 Å². The summed E-state index contributed by atoms with van der Waals surface area (Å²) < 4.78 is 46.4. The predicted octanol–water partition coefficient (Wildman–Crippen LogP) is 15.5. The Morgan fingerprint density at radius 3 is 1.60 bits per heavy atom. The van der Waals surface area contributed by atoms with Gasteiger partial charge in [0.15, 0.2) is 0 Å². The number of nitrogens with zero attached hydrogens (tertiary/aromatic N) is 1. The summed E-state index contributed by atoms with van der Waals surface area (Å²) in [5.41, 5.74) is 15.0. The number of rotatable bonds is 7. The third-order valence-electron chi connectivity index (χ3n) is 13.1. The van der Waals surface area contributed by atoms with E-state index in [9.17, 15) is 13.2 Å². The lowest BCUT2D eigenvalue weighted by Crippen LogP contribution is -2.28. The molecule has 2 aliphatic rings. The summed E-state index contributed by atoms with van der Waals surface area (Å²) in [5, 5.41) is 1.09. The number of benzene rings is 9. The van der Waals surface area contributed by atoms with Crippen LogP contribution in [0.1, 0.15) is 47.2 Å². The van der Waals surface area contributed by atoms with Gasteiger partial charge in [0.25, 0.3) is 0 Å². The molecular weight excluding hydrogens is 772 g/mol. The molecule has 0 atom stereocenters. The van der Waals surface area contributed by atoms with Crippen LogP contribution in [0, 0.1) is 0 Å². The largest absolute Gasteiger partial charge is 0.573 e. The molecule has 9 aromatic carbocycles. The van der Waals surface area contributed by atoms with Crippen LogP contribution >= 0.6 is 0 Å². The van der Waals surface area contributed by atoms with Crippen LogP contribution < -0.4 is 9.64 Å². The fraction of sp³-hybridized carbons (Fsp3) is 0.0877. The maximum Gasteiger partial charge on any atom is 0.573 e. The minimum absolute atomic E-state index is 0.188. The lowest BCUT2D eigenvalue weighted by molar-refractivity contribution is -0.273. The molecule has 0 saturated heterocycles. The zero-order valence-electron chi connectivity index (χ0n) is 34.1. The zero-order chi connectivity index (χ0) is 42.2. The Morgan fingerprint density at radius 1 is 0.419 bits per heavy atom. The van der Waals surface area contributed by atoms with E-state index in [1.807, 2.05) is 36.4 Å². The van der Waals surface area contributed by atoms with Gasteiger partial charge in [-0.2, -0.15) is 0 Å². The molecule has 62 heavy (non-hydrogen) atoms. The standard InChI is InChI=1S/C57H40F3NO/c1-55(2)52-35-38(45-32-25-37-15-9-10-20-44(37)54(45)62-57(58,59)60)26-33-48(52)49-34-31-43(36-53(49)55)61(41-18-7-4-8-19-41)42-29-27-40(28-30-42)56(39-16-5-3-6-17-39)50-23-13-11-21-46(50)47-22-12-14-24-51(47)56/h3-36H,1-2H3. The molecule has 0 bridgehead atoms. The highest BCUT2D eigenvalue weighted by molar-refractivity contribution is 5.96. The van der Waals surface area contributed by atoms with Crippen LogP contribution in [-0.4, -0.2) is 6.36 Å². The number of anilines is 3. The normalized spacial score (nSPS) is 14.1. The van der Waals surface area contributed by atoms with Crippen LogP contribution in [0.5, 0.6) is 5.75 Å². The average Bonchev–Trinajstić information content (AvgIpc) is 3.72. The molecule has 0 aliphatic heterocycles. The predicted molar refractivity (Wildman–Crippen MR) is 246 cm³/mol. The van der Waals surface area contributed by atoms with Gasteiger partial charge in [-0.15, -0.1) is 13.2 Å². The van der Waals surface area contributed by atoms with Crippen molar-refractivity contribution in [1.82, 2.24) is 0 Å². The van der Waals surface area contributed by atoms with Crippen LogP contribution in [0.2, 0.25) is 0 Å². The smallest absolute Gasteiger partial charge is 0.404 e. The molecular formula is C57H40F3NO. The maximum absolute atomic E-state index is 13.9. The minimum Gasteiger partial charge on any atom is -0.404 e. The van der Waals surface area contributed by atoms with Gasteiger partial charge in [0.2, 0.25) is 0 Å². The van der Waals surface area contributed by atoms with Gasteiger partial charge in [-0.3, -0.25) is 0 Å². The van der Waals surface area contributed by atoms with Crippen molar-refractivity contribution in [2.45, 2.75) is 31.0 Å². The van der Waals surface area contributed by atoms with E-state index in [0.717, 1.165) is 39.3 Å². The maximum atomic E-state index is 13.9. The monoisotopic (exact) mass is 811 g/mol. The highest BCUT2D eigenvalue weighted by atomic mass is 19.4. The summed E-state index contributed by atoms with van der Waals surface area (Å²) in [6, 6.07) is 71.1. The number of hydrogen-bond acceptors (Lipinski definition) is 2. The topological polar surface area (TPSA) is 12.5 Å². The number of ether oxygens (including phenoxy) is 1. The van der Waals surface area contributed by atoms with E-state index in [1.54, 1.807) is 24.3 Å². The second-order valence-electron chi connectivity index (χ2n) is 16.8. The first-order chi connectivity index (χ1) is 30.1. The Kier molecular flexibility index (Phi) is 8.56. The summed E-state index contributed by atoms with van der Waals surface area (Å²) in [6.07, 6.45) is -4.84. The second kappa shape index (κ2) is 14.1. The molecule has 0 spiro atoms. The molecule has 0 amide bonds. The van der Waals surface area contributed by atoms with Crippen molar-refractivity contribution in [1.29, 1.82) is 0 Å². The van der Waals surface area contributed by atoms with Crippen molar-refractivity contribution < 1.29 is 17.9 Å². The molecule has 0 N–H and O–H groups in total. The second-order valence-corrected chi connectivity index (χ2v) is 16.8. The fourth-order valence-corrected chi connectivity index (χ4v) is 10.3. The lowest BCUT2D eigenvalue weighted by atomic mass is 9.68. The van der Waals surface area contributed by atoms with E-state index < -0.39 is 17.2 Å². The first kappa shape index (κ1) is 37.6. The van der Waals surface area contributed by atoms with E-state index in [0.29, 0.717) is 21.9 Å². The Hall–Kier alpha value is -7.37. The summed E-state index contributed by atoms with van der Waals surface area (Å²) >= 11 is 0. The molecule has 0 heterocycles. The number of halogens is 3. The Balaban J connectivity index is 1.01. The van der Waals surface area contributed by atoms with Crippen LogP contribution in [0.15, 0.2) is 206 Å². The first-order valence-electron chi connectivity index (χ1n) is 20.9. The molecule has 0 unspecified atom stereocenters. The van der Waals surface area contributed by atoms with Crippen molar-refractivity contribution in [3.05, 3.63) is 240 Å². The number of alkyl halides is 3. The van der Waals surface area contributed by atoms with E-state index >= 15 is 0 Å². The molecule has 0 radical (unpaired) electrons. The third kappa shape index (κ3) is 5.79. The van der Waals surface area contributed by atoms with E-state index in [4.69, 9.17) is 4.74 Å². The van der Waals surface area contributed by atoms with Gasteiger partial charge in [0.1, 0.15) is 5.75 Å². The quantitative estimate of drug-likeness (QED) is 0.159. The first-order valence-corrected chi connectivity index (χ1v) is 20.9. The molecule has 0 fully saturated rings. The molecule has 9 aromatic rings. The van der Waals surface area contributed by atoms with Gasteiger partial charge in [0.05, 0.1) is 5.41 Å². The molecule has 300 valence electrons. The van der Waals surface area contributed by atoms with Gasteiger partial charge in [-0.25, -0.2) is 0 Å². The van der Waals surface area contributed by atoms with E-state index in [1.165, 1.54) is 33.4 Å². The lowest BCUT2D eigenvalue weighted by Gasteiger charge is -2.34. The summed E-state index contributed by atoms with van der Waals surface area (Å²) in [4.78, 5) is 2.30. The minimum atomic E-state index is -4.84. The van der Waals surface area contributed by atoms with Crippen LogP contribution in [-0.2, 0) is 10.8 Å². The van der Waals surface area contributed by atoms with E-state index in [2.05, 4.69) is 164 Å². The molecule has 0 aromatic heterocycles. The van der Waals surface area contributed by atoms with Crippen molar-refractivity contribution in [2.24, 2.45) is 0 Å². The number of fused-ring (bicyclic) bond motifs is 7. The van der Waals surface area contributed by atoms with Crippen molar-refractivity contribution in [2.75, 3.05) is 4.90 Å².